The Morgan fingerprint density at radius 1 is 0.973 bits per heavy atom. The first-order valence-corrected chi connectivity index (χ1v) is 11.4. The molecule has 3 aromatic rings. The first kappa shape index (κ1) is 25.3. The normalized spacial score (nSPS) is 16.5. The van der Waals surface area contributed by atoms with E-state index in [1.807, 2.05) is 0 Å². The quantitative estimate of drug-likeness (QED) is 0.213. The molecule has 1 saturated heterocycles. The van der Waals surface area contributed by atoms with Gasteiger partial charge in [0.15, 0.2) is 0 Å². The average Bonchev–Trinajstić information content (AvgIpc) is 3.18. The second-order valence-electron chi connectivity index (χ2n) is 8.10. The Hall–Kier alpha value is -4.79. The lowest BCUT2D eigenvalue weighted by Gasteiger charge is -2.26. The Kier molecular flexibility index (Phi) is 7.15. The van der Waals surface area contributed by atoms with E-state index in [2.05, 4.69) is 0 Å². The van der Waals surface area contributed by atoms with Gasteiger partial charge in [-0.25, -0.2) is 4.79 Å². The number of aromatic hydroxyl groups is 1. The van der Waals surface area contributed by atoms with E-state index in [-0.39, 0.29) is 34.8 Å². The number of amides is 1. The van der Waals surface area contributed by atoms with Crippen LogP contribution in [0.25, 0.3) is 5.76 Å². The molecule has 9 heteroatoms. The summed E-state index contributed by atoms with van der Waals surface area (Å²) < 4.78 is 15.6. The molecule has 9 nitrogen and oxygen atoms in total. The Labute approximate surface area is 213 Å². The third-order valence-electron chi connectivity index (χ3n) is 5.95. The van der Waals surface area contributed by atoms with Crippen LogP contribution in [-0.2, 0) is 14.3 Å². The van der Waals surface area contributed by atoms with Crippen LogP contribution in [-0.4, -0.2) is 48.7 Å². The summed E-state index contributed by atoms with van der Waals surface area (Å²) >= 11 is 0. The number of nitrogens with zero attached hydrogens (tertiary/aromatic N) is 1. The van der Waals surface area contributed by atoms with E-state index < -0.39 is 29.5 Å². The van der Waals surface area contributed by atoms with Gasteiger partial charge in [-0.15, -0.1) is 0 Å². The highest BCUT2D eigenvalue weighted by Gasteiger charge is 2.47. The third-order valence-corrected chi connectivity index (χ3v) is 5.95. The number of carbonyl (C=O) groups is 3. The van der Waals surface area contributed by atoms with Crippen LogP contribution in [0.2, 0.25) is 0 Å². The van der Waals surface area contributed by atoms with Gasteiger partial charge in [0.25, 0.3) is 11.7 Å². The molecule has 0 radical (unpaired) electrons. The van der Waals surface area contributed by atoms with Crippen LogP contribution in [0.1, 0.15) is 34.5 Å². The van der Waals surface area contributed by atoms with Gasteiger partial charge >= 0.3 is 5.97 Å². The van der Waals surface area contributed by atoms with E-state index in [1.54, 1.807) is 31.2 Å². The largest absolute Gasteiger partial charge is 0.508 e. The molecule has 1 aliphatic rings. The van der Waals surface area contributed by atoms with Crippen molar-refractivity contribution in [3.63, 3.8) is 0 Å². The van der Waals surface area contributed by atoms with E-state index in [4.69, 9.17) is 14.2 Å². The average molecular weight is 504 g/mol. The molecule has 37 heavy (non-hydrogen) atoms. The van der Waals surface area contributed by atoms with Gasteiger partial charge < -0.3 is 24.4 Å². The molecule has 0 aliphatic carbocycles. The molecule has 4 rings (SSSR count). The summed E-state index contributed by atoms with van der Waals surface area (Å²) in [5, 5.41) is 21.6. The zero-order valence-electron chi connectivity index (χ0n) is 20.4. The lowest BCUT2D eigenvalue weighted by atomic mass is 9.94. The highest BCUT2D eigenvalue weighted by molar-refractivity contribution is 6.51. The second kappa shape index (κ2) is 10.4. The summed E-state index contributed by atoms with van der Waals surface area (Å²) in [6, 6.07) is 15.7. The molecular weight excluding hydrogens is 478 g/mol. The van der Waals surface area contributed by atoms with Gasteiger partial charge in [-0.3, -0.25) is 14.5 Å². The molecule has 1 atom stereocenters. The number of ketones is 1. The maximum atomic E-state index is 13.4. The first-order valence-electron chi connectivity index (χ1n) is 11.4. The van der Waals surface area contributed by atoms with Crippen molar-refractivity contribution in [3.8, 4) is 17.2 Å². The minimum Gasteiger partial charge on any atom is -0.508 e. The molecule has 0 saturated carbocycles. The fourth-order valence-electron chi connectivity index (χ4n) is 4.23. The maximum Gasteiger partial charge on any atom is 0.338 e. The molecule has 0 aromatic heterocycles. The second-order valence-corrected chi connectivity index (χ2v) is 8.10. The number of phenolic OH excluding ortho intramolecular Hbond substituents is 1. The molecule has 0 spiro atoms. The fraction of sp³-hybridized carbons (Fsp3) is 0.179. The van der Waals surface area contributed by atoms with Gasteiger partial charge in [-0.1, -0.05) is 12.1 Å². The van der Waals surface area contributed by atoms with Crippen LogP contribution in [0.5, 0.6) is 17.2 Å². The van der Waals surface area contributed by atoms with Crippen molar-refractivity contribution < 1.29 is 38.8 Å². The number of anilines is 1. The number of ether oxygens (including phenoxy) is 3. The van der Waals surface area contributed by atoms with Crippen molar-refractivity contribution in [1.82, 2.24) is 0 Å². The summed E-state index contributed by atoms with van der Waals surface area (Å²) in [5.41, 5.74) is 0.925. The number of Topliss-reactive ketones (excluding diaryl/α,β-unsaturated/α-hetero) is 1. The van der Waals surface area contributed by atoms with Crippen molar-refractivity contribution in [3.05, 3.63) is 89.0 Å². The summed E-state index contributed by atoms with van der Waals surface area (Å²) in [5.74, 6) is -2.22. The van der Waals surface area contributed by atoms with E-state index in [1.165, 1.54) is 61.6 Å². The highest BCUT2D eigenvalue weighted by Crippen LogP contribution is 2.44. The Balaban J connectivity index is 1.92. The summed E-state index contributed by atoms with van der Waals surface area (Å²) in [6.07, 6.45) is 0. The van der Waals surface area contributed by atoms with Crippen molar-refractivity contribution in [2.45, 2.75) is 13.0 Å². The monoisotopic (exact) mass is 503 g/mol. The number of carbonyl (C=O) groups excluding carboxylic acids is 3. The van der Waals surface area contributed by atoms with Crippen molar-refractivity contribution in [1.29, 1.82) is 0 Å². The molecular formula is C28H25NO8. The van der Waals surface area contributed by atoms with Crippen molar-refractivity contribution in [2.24, 2.45) is 0 Å². The number of aliphatic hydroxyl groups excluding tert-OH is 1. The summed E-state index contributed by atoms with van der Waals surface area (Å²) in [7, 11) is 2.87. The smallest absolute Gasteiger partial charge is 0.338 e. The summed E-state index contributed by atoms with van der Waals surface area (Å²) in [6.45, 7) is 1.90. The number of hydrogen-bond acceptors (Lipinski definition) is 8. The topological polar surface area (TPSA) is 123 Å². The Morgan fingerprint density at radius 2 is 1.70 bits per heavy atom. The predicted octanol–water partition coefficient (Wildman–Crippen LogP) is 4.21. The maximum absolute atomic E-state index is 13.4. The molecule has 1 fully saturated rings. The zero-order chi connectivity index (χ0) is 26.7. The number of methoxy groups -OCH3 is 2. The van der Waals surface area contributed by atoms with Crippen LogP contribution >= 0.6 is 0 Å². The fourth-order valence-corrected chi connectivity index (χ4v) is 4.23. The van der Waals surface area contributed by atoms with Gasteiger partial charge in [0.05, 0.1) is 43.6 Å². The number of esters is 1. The number of benzene rings is 3. The van der Waals surface area contributed by atoms with E-state index in [9.17, 15) is 24.6 Å². The predicted molar refractivity (Wildman–Crippen MR) is 135 cm³/mol. The highest BCUT2D eigenvalue weighted by atomic mass is 16.5. The molecule has 190 valence electrons. The first-order chi connectivity index (χ1) is 17.8. The van der Waals surface area contributed by atoms with Crippen LogP contribution in [0.3, 0.4) is 0 Å². The zero-order valence-corrected chi connectivity index (χ0v) is 20.4. The van der Waals surface area contributed by atoms with Gasteiger partial charge in [-0.05, 0) is 67.1 Å². The lowest BCUT2D eigenvalue weighted by Crippen LogP contribution is -2.29. The van der Waals surface area contributed by atoms with Gasteiger partial charge in [0.1, 0.15) is 23.0 Å². The van der Waals surface area contributed by atoms with Gasteiger partial charge in [0, 0.05) is 5.69 Å². The van der Waals surface area contributed by atoms with E-state index in [0.717, 1.165) is 0 Å². The molecule has 1 heterocycles. The SMILES string of the molecule is CCOC(=O)c1ccc(N2C(=O)C(=O)/C(=C(/O)c3cc(OC)ccc3OC)C2c2cccc(O)c2)cc1. The molecule has 1 aliphatic heterocycles. The summed E-state index contributed by atoms with van der Waals surface area (Å²) in [4.78, 5) is 40.0. The Morgan fingerprint density at radius 3 is 2.32 bits per heavy atom. The van der Waals surface area contributed by atoms with Crippen molar-refractivity contribution >= 4 is 29.1 Å². The minimum absolute atomic E-state index is 0.0836. The van der Waals surface area contributed by atoms with Crippen LogP contribution < -0.4 is 14.4 Å². The number of rotatable bonds is 7. The van der Waals surface area contributed by atoms with E-state index in [0.29, 0.717) is 17.0 Å². The lowest BCUT2D eigenvalue weighted by molar-refractivity contribution is -0.132. The standard InChI is InChI=1S/C28H25NO8/c1-4-37-28(34)16-8-10-18(11-9-16)29-24(17-6-5-7-19(30)14-17)23(26(32)27(29)33)25(31)21-15-20(35-2)12-13-22(21)36-3/h5-15,24,30-31H,4H2,1-3H3/b25-23+. The number of aliphatic hydroxyl groups is 1. The van der Waals surface area contributed by atoms with Crippen LogP contribution in [0.15, 0.2) is 72.3 Å². The number of hydrogen-bond donors (Lipinski definition) is 2. The molecule has 0 bridgehead atoms. The van der Waals surface area contributed by atoms with Crippen LogP contribution in [0.4, 0.5) is 5.69 Å². The Bertz CT molecular complexity index is 1390. The minimum atomic E-state index is -1.09. The van der Waals surface area contributed by atoms with Gasteiger partial charge in [-0.2, -0.15) is 0 Å². The molecule has 3 aromatic carbocycles. The van der Waals surface area contributed by atoms with Gasteiger partial charge in [0.2, 0.25) is 0 Å². The number of phenols is 1. The van der Waals surface area contributed by atoms with Crippen LogP contribution in [0, 0.1) is 0 Å². The van der Waals surface area contributed by atoms with E-state index >= 15 is 0 Å². The molecule has 1 amide bonds. The van der Waals surface area contributed by atoms with Crippen molar-refractivity contribution in [2.75, 3.05) is 25.7 Å². The molecule has 2 N–H and O–H groups in total. The third kappa shape index (κ3) is 4.71. The molecule has 1 unspecified atom stereocenters.